The Labute approximate surface area is 151 Å². The molecule has 0 saturated heterocycles. The quantitative estimate of drug-likeness (QED) is 0.338. The van der Waals surface area contributed by atoms with Crippen LogP contribution in [0.5, 0.6) is 0 Å². The lowest BCUT2D eigenvalue weighted by atomic mass is 9.94. The lowest BCUT2D eigenvalue weighted by Gasteiger charge is -2.12. The molecule has 0 radical (unpaired) electrons. The first-order valence-electron chi connectivity index (χ1n) is 9.61. The zero-order valence-corrected chi connectivity index (χ0v) is 17.7. The molecule has 0 amide bonds. The van der Waals surface area contributed by atoms with Crippen LogP contribution >= 0.6 is 0 Å². The summed E-state index contributed by atoms with van der Waals surface area (Å²) in [5.41, 5.74) is 0. The van der Waals surface area contributed by atoms with Crippen molar-refractivity contribution in [3.8, 4) is 0 Å². The summed E-state index contributed by atoms with van der Waals surface area (Å²) in [5.74, 6) is -0.0278. The fourth-order valence-electron chi connectivity index (χ4n) is 2.29. The lowest BCUT2D eigenvalue weighted by molar-refractivity contribution is -0.137. The van der Waals surface area contributed by atoms with Crippen LogP contribution in [0.2, 0.25) is 0 Å². The van der Waals surface area contributed by atoms with Gasteiger partial charge in [0.2, 0.25) is 0 Å². The van der Waals surface area contributed by atoms with Crippen molar-refractivity contribution in [3.05, 3.63) is 0 Å². The van der Waals surface area contributed by atoms with Crippen molar-refractivity contribution in [3.63, 3.8) is 0 Å². The first-order valence-corrected chi connectivity index (χ1v) is 11.0. The van der Waals surface area contributed by atoms with E-state index in [-0.39, 0.29) is 0 Å². The van der Waals surface area contributed by atoms with Gasteiger partial charge in [0.25, 0.3) is 0 Å². The third-order valence-electron chi connectivity index (χ3n) is 3.72. The Morgan fingerprint density at radius 3 is 1.79 bits per heavy atom. The molecule has 1 atom stereocenters. The van der Waals surface area contributed by atoms with E-state index in [4.69, 9.17) is 18.4 Å². The fraction of sp³-hybridized carbons (Fsp3) is 0.944. The van der Waals surface area contributed by atoms with Crippen molar-refractivity contribution in [1.82, 2.24) is 0 Å². The van der Waals surface area contributed by atoms with Gasteiger partial charge in [0.05, 0.1) is 0 Å². The van der Waals surface area contributed by atoms with Gasteiger partial charge in [-0.3, -0.25) is 4.79 Å². The van der Waals surface area contributed by atoms with Crippen LogP contribution in [0.15, 0.2) is 0 Å². The molecule has 146 valence electrons. The third-order valence-corrected chi connectivity index (χ3v) is 5.53. The summed E-state index contributed by atoms with van der Waals surface area (Å²) in [4.78, 5) is 10.4. The van der Waals surface area contributed by atoms with Gasteiger partial charge in [-0.2, -0.15) is 0 Å². The van der Waals surface area contributed by atoms with Crippen LogP contribution < -0.4 is 0 Å². The topological polar surface area (TPSA) is 65.0 Å². The predicted molar refractivity (Wildman–Crippen MR) is 101 cm³/mol. The van der Waals surface area contributed by atoms with Crippen LogP contribution in [0.25, 0.3) is 0 Å². The second-order valence-corrected chi connectivity index (χ2v) is 7.29. The number of carbonyl (C=O) groups is 1. The second kappa shape index (κ2) is 20.6. The molecule has 0 aliphatic heterocycles. The highest BCUT2D eigenvalue weighted by molar-refractivity contribution is 6.36. The average molecular weight is 365 g/mol. The molecule has 5 nitrogen and oxygen atoms in total. The molecule has 0 bridgehead atoms. The maximum absolute atomic E-state index is 10.4. The van der Waals surface area contributed by atoms with E-state index < -0.39 is 15.5 Å². The highest BCUT2D eigenvalue weighted by Crippen LogP contribution is 2.19. The van der Waals surface area contributed by atoms with Crippen LogP contribution in [0, 0.1) is 5.92 Å². The van der Waals surface area contributed by atoms with E-state index in [1.807, 2.05) is 20.8 Å². The molecular weight excluding hydrogens is 324 g/mol. The van der Waals surface area contributed by atoms with E-state index in [0.717, 1.165) is 12.8 Å². The number of hydrogen-bond acceptors (Lipinski definition) is 4. The van der Waals surface area contributed by atoms with Gasteiger partial charge in [-0.15, -0.1) is 0 Å². The Balaban J connectivity index is 0. The average Bonchev–Trinajstić information content (AvgIpc) is 2.55. The van der Waals surface area contributed by atoms with Crippen LogP contribution in [-0.2, 0) is 18.1 Å². The molecule has 0 spiro atoms. The summed E-state index contributed by atoms with van der Waals surface area (Å²) in [6.45, 7) is 12.2. The van der Waals surface area contributed by atoms with E-state index in [0.29, 0.717) is 32.2 Å². The molecular formula is C18H40O5Si. The molecule has 0 aromatic heterocycles. The smallest absolute Gasteiger partial charge is 0.481 e. The second-order valence-electron chi connectivity index (χ2n) is 5.71. The largest absolute Gasteiger partial charge is 0.484 e. The summed E-state index contributed by atoms with van der Waals surface area (Å²) in [6.07, 6.45) is 8.70. The van der Waals surface area contributed by atoms with Crippen molar-refractivity contribution in [1.29, 1.82) is 0 Å². The molecule has 0 saturated carbocycles. The maximum Gasteiger partial charge on any atom is 0.484 e. The van der Waals surface area contributed by atoms with Crippen LogP contribution in [0.3, 0.4) is 0 Å². The normalized spacial score (nSPS) is 11.9. The molecule has 0 fully saturated rings. The Bertz CT molecular complexity index is 250. The first kappa shape index (κ1) is 25.8. The van der Waals surface area contributed by atoms with Crippen molar-refractivity contribution in [2.45, 2.75) is 86.0 Å². The molecule has 0 heterocycles. The van der Waals surface area contributed by atoms with Gasteiger partial charge in [0.1, 0.15) is 0 Å². The Morgan fingerprint density at radius 1 is 0.875 bits per heavy atom. The van der Waals surface area contributed by atoms with Gasteiger partial charge in [0, 0.05) is 26.2 Å². The van der Waals surface area contributed by atoms with E-state index in [1.165, 1.54) is 32.1 Å². The monoisotopic (exact) mass is 364 g/mol. The van der Waals surface area contributed by atoms with E-state index in [2.05, 4.69) is 13.8 Å². The van der Waals surface area contributed by atoms with E-state index >= 15 is 0 Å². The molecule has 0 rings (SSSR count). The fourth-order valence-corrected chi connectivity index (χ4v) is 3.40. The van der Waals surface area contributed by atoms with Gasteiger partial charge in [-0.1, -0.05) is 52.4 Å². The first-order chi connectivity index (χ1) is 11.5. The summed E-state index contributed by atoms with van der Waals surface area (Å²) >= 11 is 0. The summed E-state index contributed by atoms with van der Waals surface area (Å²) in [7, 11) is -1.73. The number of hydrogen-bond donors (Lipinski definition) is 1. The zero-order chi connectivity index (χ0) is 18.6. The minimum Gasteiger partial charge on any atom is -0.481 e. The number of unbranched alkanes of at least 4 members (excludes halogenated alkanes) is 3. The van der Waals surface area contributed by atoms with Gasteiger partial charge in [-0.05, 0) is 33.1 Å². The maximum atomic E-state index is 10.4. The van der Waals surface area contributed by atoms with Gasteiger partial charge >= 0.3 is 15.5 Å². The molecule has 1 N–H and O–H groups in total. The Kier molecular flexibility index (Phi) is 22.2. The molecule has 0 aromatic carbocycles. The lowest BCUT2D eigenvalue weighted by Crippen LogP contribution is -2.27. The van der Waals surface area contributed by atoms with Crippen LogP contribution in [0.1, 0.15) is 86.0 Å². The molecule has 24 heavy (non-hydrogen) atoms. The zero-order valence-electron chi connectivity index (χ0n) is 16.5. The van der Waals surface area contributed by atoms with Crippen LogP contribution in [-0.4, -0.2) is 40.4 Å². The summed E-state index contributed by atoms with van der Waals surface area (Å²) < 4.78 is 15.7. The SMILES string of the molecule is CCCCCCC(CC)CCC(=O)O.CCO[SiH](OCC)OCC. The summed E-state index contributed by atoms with van der Waals surface area (Å²) in [6, 6.07) is 0. The van der Waals surface area contributed by atoms with Gasteiger partial charge < -0.3 is 18.4 Å². The number of aliphatic carboxylic acids is 1. The molecule has 0 aliphatic rings. The molecule has 1 unspecified atom stereocenters. The van der Waals surface area contributed by atoms with Crippen molar-refractivity contribution in [2.24, 2.45) is 5.92 Å². The van der Waals surface area contributed by atoms with Crippen molar-refractivity contribution >= 4 is 15.5 Å². The predicted octanol–water partition coefficient (Wildman–Crippen LogP) is 4.66. The Morgan fingerprint density at radius 2 is 1.42 bits per heavy atom. The third kappa shape index (κ3) is 19.6. The van der Waals surface area contributed by atoms with Crippen molar-refractivity contribution < 1.29 is 23.2 Å². The number of rotatable bonds is 15. The van der Waals surface area contributed by atoms with Gasteiger partial charge in [-0.25, -0.2) is 0 Å². The highest BCUT2D eigenvalue weighted by atomic mass is 28.3. The molecule has 0 aromatic rings. The number of carboxylic acid groups (broad SMARTS) is 1. The number of carboxylic acids is 1. The molecule has 0 aliphatic carbocycles. The highest BCUT2D eigenvalue weighted by Gasteiger charge is 2.11. The van der Waals surface area contributed by atoms with E-state index in [9.17, 15) is 4.79 Å². The standard InChI is InChI=1S/C12H24O2.C6H16O3Si/c1-3-5-6-7-8-11(4-2)9-10-12(13)14;1-4-7-10(8-5-2)9-6-3/h11H,3-10H2,1-2H3,(H,13,14);10H,4-6H2,1-3H3. The molecule has 6 heteroatoms. The van der Waals surface area contributed by atoms with Crippen molar-refractivity contribution in [2.75, 3.05) is 19.8 Å². The van der Waals surface area contributed by atoms with Gasteiger partial charge in [0.15, 0.2) is 0 Å². The minimum absolute atomic E-state index is 0.340. The summed E-state index contributed by atoms with van der Waals surface area (Å²) in [5, 5.41) is 8.57. The van der Waals surface area contributed by atoms with E-state index in [1.54, 1.807) is 0 Å². The van der Waals surface area contributed by atoms with Crippen LogP contribution in [0.4, 0.5) is 0 Å². The Hall–Kier alpha value is -0.433. The minimum atomic E-state index is -1.73.